The van der Waals surface area contributed by atoms with Gasteiger partial charge in [-0.15, -0.1) is 42.4 Å². The van der Waals surface area contributed by atoms with Gasteiger partial charge in [-0.05, 0) is 28.4 Å². The molecule has 2 aliphatic rings. The molecule has 0 atom stereocenters. The number of fused-ring (bicyclic) bond motifs is 3. The number of hydrogen-bond acceptors (Lipinski definition) is 0. The van der Waals surface area contributed by atoms with Crippen LogP contribution in [0.2, 0.25) is 0 Å². The van der Waals surface area contributed by atoms with Gasteiger partial charge in [-0.2, -0.15) is 29.8 Å². The zero-order valence-corrected chi connectivity index (χ0v) is 37.4. The Kier molecular flexibility index (Phi) is 17.0. The van der Waals surface area contributed by atoms with Gasteiger partial charge in [0.2, 0.25) is 0 Å². The molecule has 0 saturated heterocycles. The normalized spacial score (nSPS) is 13.1. The third-order valence-electron chi connectivity index (χ3n) is 8.05. The van der Waals surface area contributed by atoms with E-state index >= 15 is 0 Å². The molecule has 9 heteroatoms. The van der Waals surface area contributed by atoms with E-state index in [1.54, 1.807) is 0 Å². The number of allylic oxidation sites excluding steroid dienone is 4. The summed E-state index contributed by atoms with van der Waals surface area (Å²) in [5, 5.41) is 0. The summed E-state index contributed by atoms with van der Waals surface area (Å²) in [6, 6.07) is 30.1. The van der Waals surface area contributed by atoms with Crippen LogP contribution in [0.3, 0.4) is 0 Å². The Morgan fingerprint density at radius 1 is 0.620 bits per heavy atom. The second-order valence-corrected chi connectivity index (χ2v) is 19.6. The van der Waals surface area contributed by atoms with Gasteiger partial charge in [0.15, 0.2) is 0 Å². The van der Waals surface area contributed by atoms with Gasteiger partial charge < -0.3 is 0 Å². The molecule has 0 N–H and O–H groups in total. The molecule has 0 spiro atoms. The Morgan fingerprint density at radius 2 is 1.10 bits per heavy atom. The minimum Gasteiger partial charge on any atom is -0.273 e. The van der Waals surface area contributed by atoms with Gasteiger partial charge in [0, 0.05) is 0 Å². The zero-order chi connectivity index (χ0) is 35.5. The van der Waals surface area contributed by atoms with Crippen molar-refractivity contribution in [1.82, 2.24) is 0 Å². The molecule has 0 nitrogen and oxygen atoms in total. The van der Waals surface area contributed by atoms with E-state index in [0.717, 1.165) is 24.0 Å². The van der Waals surface area contributed by atoms with Crippen LogP contribution in [-0.4, -0.2) is 3.21 Å². The van der Waals surface area contributed by atoms with Crippen molar-refractivity contribution in [2.45, 2.75) is 72.8 Å². The second-order valence-electron chi connectivity index (χ2n) is 13.8. The van der Waals surface area contributed by atoms with Crippen LogP contribution in [0, 0.1) is 12.1 Å². The summed E-state index contributed by atoms with van der Waals surface area (Å²) in [7, 11) is 0. The zero-order valence-electron chi connectivity index (χ0n) is 28.7. The first kappa shape index (κ1) is 45.6. The number of benzene rings is 4. The maximum Gasteiger partial charge on any atom is -0.109 e. The van der Waals surface area contributed by atoms with Gasteiger partial charge in [0.25, 0.3) is 0 Å². The van der Waals surface area contributed by atoms with Crippen molar-refractivity contribution in [1.29, 1.82) is 0 Å². The van der Waals surface area contributed by atoms with Gasteiger partial charge >= 0.3 is 175 Å². The van der Waals surface area contributed by atoms with E-state index in [4.69, 9.17) is 69.6 Å². The maximum absolute atomic E-state index is 5.86. The Morgan fingerprint density at radius 3 is 1.48 bits per heavy atom. The molecule has 50 heavy (non-hydrogen) atoms. The summed E-state index contributed by atoms with van der Waals surface area (Å²) >= 11 is 36.4. The molecule has 0 radical (unpaired) electrons. The number of alkyl halides is 6. The van der Waals surface area contributed by atoms with E-state index < -0.39 is 7.59 Å². The molecule has 0 fully saturated rings. The van der Waals surface area contributed by atoms with Crippen LogP contribution in [0.5, 0.6) is 0 Å². The van der Waals surface area contributed by atoms with Crippen LogP contribution in [0.15, 0.2) is 97.1 Å². The second kappa shape index (κ2) is 18.7. The molecule has 6 rings (SSSR count). The van der Waals surface area contributed by atoms with E-state index in [0.29, 0.717) is 11.1 Å². The van der Waals surface area contributed by atoms with Crippen LogP contribution < -0.4 is 0 Å². The van der Waals surface area contributed by atoms with E-state index in [2.05, 4.69) is 90.1 Å². The Labute approximate surface area is 356 Å². The molecular formula is C41H40Cl8Zr. The van der Waals surface area contributed by atoms with Crippen molar-refractivity contribution in [2.24, 2.45) is 0 Å². The summed E-state index contributed by atoms with van der Waals surface area (Å²) in [5.74, 6) is 0. The molecule has 0 saturated carbocycles. The Balaban J connectivity index is 0.000000293. The van der Waals surface area contributed by atoms with Crippen LogP contribution >= 0.6 is 94.4 Å². The van der Waals surface area contributed by atoms with Crippen molar-refractivity contribution in [3.8, 4) is 11.1 Å². The third kappa shape index (κ3) is 12.5. The number of halogens is 8. The Hall–Kier alpha value is -0.567. The summed E-state index contributed by atoms with van der Waals surface area (Å²) in [6.45, 7) is 13.6. The summed E-state index contributed by atoms with van der Waals surface area (Å²) in [4.78, 5) is 0. The van der Waals surface area contributed by atoms with Crippen molar-refractivity contribution in [3.05, 3.63) is 154 Å². The molecule has 0 bridgehead atoms. The minimum absolute atomic E-state index is 0. The maximum atomic E-state index is 5.86. The van der Waals surface area contributed by atoms with Gasteiger partial charge in [0.1, 0.15) is 0 Å². The SMILES string of the molecule is CC(C)(C)c1[c-]c2c(cc1)-c1ccc(C(C)(C)C)cc1C2.Cl.Cl.ClC(Cl)(Cl)c1ccc([C](=[Zr+2])c2ccc(C(Cl)(Cl)Cl)cc2)cc1.[C-]1=CC=CC1. The fraction of sp³-hybridized carbons (Fsp3) is 0.293. The molecular weight excluding hydrogens is 867 g/mol. The topological polar surface area (TPSA) is 0 Å². The molecule has 0 amide bonds. The van der Waals surface area contributed by atoms with Crippen LogP contribution in [0.25, 0.3) is 11.1 Å². The molecule has 2 aliphatic carbocycles. The first-order valence-electron chi connectivity index (χ1n) is 15.6. The smallest absolute Gasteiger partial charge is 0.109 e. The minimum atomic E-state index is -1.41. The van der Waals surface area contributed by atoms with Crippen molar-refractivity contribution in [2.75, 3.05) is 0 Å². The Bertz CT molecular complexity index is 1670. The average molecular weight is 908 g/mol. The van der Waals surface area contributed by atoms with Crippen molar-refractivity contribution >= 4 is 97.6 Å². The fourth-order valence-electron chi connectivity index (χ4n) is 5.19. The van der Waals surface area contributed by atoms with Crippen molar-refractivity contribution < 1.29 is 24.2 Å². The van der Waals surface area contributed by atoms with Crippen LogP contribution in [-0.2, 0) is 49.1 Å². The fourth-order valence-corrected chi connectivity index (χ4v) is 6.76. The molecule has 4 aromatic rings. The molecule has 0 heterocycles. The first-order chi connectivity index (χ1) is 22.2. The molecule has 4 aromatic carbocycles. The third-order valence-corrected chi connectivity index (χ3v) is 10.8. The average Bonchev–Trinajstić information content (AvgIpc) is 3.71. The molecule has 0 aliphatic heterocycles. The van der Waals surface area contributed by atoms with E-state index in [-0.39, 0.29) is 35.6 Å². The van der Waals surface area contributed by atoms with Crippen LogP contribution in [0.4, 0.5) is 0 Å². The van der Waals surface area contributed by atoms with Gasteiger partial charge in [-0.25, -0.2) is 12.2 Å². The van der Waals surface area contributed by atoms with E-state index in [9.17, 15) is 0 Å². The van der Waals surface area contributed by atoms with Gasteiger partial charge in [0.05, 0.1) is 0 Å². The standard InChI is InChI=1S/C21H25.C15H8Cl6.C5H5.2ClH.Zr/c1-20(2,3)16-7-9-18-14(12-16)11-15-13-17(21(4,5)6)8-10-19(15)18;16-14(17,18)12-5-1-10(2-6-12)9-11-3-7-13(8-4-11)15(19,20)21;1-2-4-5-3-1;;;/h7-10,12H,11H2,1-6H3;1-8H;1-3H,4H2;2*1H;/q-1;;-1;;;+2. The van der Waals surface area contributed by atoms with Gasteiger partial charge in [-0.3, -0.25) is 6.08 Å². The molecule has 0 unspecified atom stereocenters. The predicted octanol–water partition coefficient (Wildman–Crippen LogP) is 14.3. The quantitative estimate of drug-likeness (QED) is 0.122. The van der Waals surface area contributed by atoms with Crippen molar-refractivity contribution in [3.63, 3.8) is 0 Å². The largest absolute Gasteiger partial charge is 0.273 e. The van der Waals surface area contributed by atoms with E-state index in [1.807, 2.05) is 60.7 Å². The summed E-state index contributed by atoms with van der Waals surface area (Å²) < 4.78 is -1.66. The van der Waals surface area contributed by atoms with Gasteiger partial charge in [-0.1, -0.05) is 65.3 Å². The number of rotatable bonds is 2. The monoisotopic (exact) mass is 902 g/mol. The van der Waals surface area contributed by atoms with Crippen LogP contribution in [0.1, 0.15) is 92.5 Å². The molecule has 264 valence electrons. The first-order valence-corrected chi connectivity index (χ1v) is 19.1. The predicted molar refractivity (Wildman–Crippen MR) is 222 cm³/mol. The number of hydrogen-bond donors (Lipinski definition) is 0. The molecule has 0 aromatic heterocycles. The summed E-state index contributed by atoms with van der Waals surface area (Å²) in [5.41, 5.74) is 12.1. The summed E-state index contributed by atoms with van der Waals surface area (Å²) in [6.07, 6.45) is 11.0. The van der Waals surface area contributed by atoms with E-state index in [1.165, 1.54) is 60.8 Å².